The Morgan fingerprint density at radius 1 is 1.21 bits per heavy atom. The quantitative estimate of drug-likeness (QED) is 0.598. The minimum atomic E-state index is -0.138. The standard InChI is InChI=1S/C19H26N2O.C2H4/c1-3-7-14(2)21-19(22)17-12-10-16(11-13-17)18(20)15-8-5-4-6-9-15;1-2/h3,7,10-13,15,18H,2,4-6,8-9,20H2,1H3,(H,21,22);1-2H2/b7-3-;. The Kier molecular flexibility index (Phi) is 8.80. The Bertz CT molecular complexity index is 554. The van der Waals surface area contributed by atoms with Gasteiger partial charge in [0.2, 0.25) is 0 Å². The van der Waals surface area contributed by atoms with Crippen LogP contribution in [-0.4, -0.2) is 5.91 Å². The van der Waals surface area contributed by atoms with Crippen LogP contribution in [0.2, 0.25) is 0 Å². The van der Waals surface area contributed by atoms with Crippen LogP contribution in [0.25, 0.3) is 0 Å². The van der Waals surface area contributed by atoms with Crippen molar-refractivity contribution in [3.63, 3.8) is 0 Å². The third-order valence-corrected chi connectivity index (χ3v) is 4.36. The molecule has 3 heteroatoms. The molecule has 0 saturated heterocycles. The van der Waals surface area contributed by atoms with Crippen molar-refractivity contribution < 1.29 is 4.79 Å². The summed E-state index contributed by atoms with van der Waals surface area (Å²) in [5.41, 5.74) is 8.74. The van der Waals surface area contributed by atoms with Gasteiger partial charge in [-0.25, -0.2) is 0 Å². The van der Waals surface area contributed by atoms with E-state index >= 15 is 0 Å². The Morgan fingerprint density at radius 2 is 1.79 bits per heavy atom. The van der Waals surface area contributed by atoms with Crippen molar-refractivity contribution in [3.8, 4) is 0 Å². The predicted molar refractivity (Wildman–Crippen MR) is 103 cm³/mol. The van der Waals surface area contributed by atoms with Crippen LogP contribution in [0.1, 0.15) is 61.0 Å². The SMILES string of the molecule is C=C.C=C(/C=C\C)NC(=O)c1ccc(C(N)C2CCCCC2)cc1. The van der Waals surface area contributed by atoms with Crippen LogP contribution in [0.3, 0.4) is 0 Å². The Labute approximate surface area is 146 Å². The van der Waals surface area contributed by atoms with Crippen molar-refractivity contribution in [2.24, 2.45) is 11.7 Å². The van der Waals surface area contributed by atoms with Crippen LogP contribution >= 0.6 is 0 Å². The Hall–Kier alpha value is -2.13. The van der Waals surface area contributed by atoms with Crippen LogP contribution in [0.4, 0.5) is 0 Å². The maximum Gasteiger partial charge on any atom is 0.255 e. The van der Waals surface area contributed by atoms with Gasteiger partial charge in [0.25, 0.3) is 5.91 Å². The van der Waals surface area contributed by atoms with Crippen molar-refractivity contribution in [1.82, 2.24) is 5.32 Å². The summed E-state index contributed by atoms with van der Waals surface area (Å²) in [5, 5.41) is 2.76. The van der Waals surface area contributed by atoms with Crippen molar-refractivity contribution >= 4 is 5.91 Å². The predicted octanol–water partition coefficient (Wildman–Crippen LogP) is 4.89. The lowest BCUT2D eigenvalue weighted by Crippen LogP contribution is -2.24. The number of nitrogens with one attached hydrogen (secondary N) is 1. The molecule has 130 valence electrons. The number of hydrogen-bond donors (Lipinski definition) is 2. The van der Waals surface area contributed by atoms with Crippen LogP contribution in [0, 0.1) is 5.92 Å². The highest BCUT2D eigenvalue weighted by Gasteiger charge is 2.21. The molecule has 0 aromatic heterocycles. The first-order valence-electron chi connectivity index (χ1n) is 8.60. The summed E-state index contributed by atoms with van der Waals surface area (Å²) >= 11 is 0. The number of benzene rings is 1. The molecular weight excluding hydrogens is 296 g/mol. The maximum absolute atomic E-state index is 12.1. The average Bonchev–Trinajstić information content (AvgIpc) is 2.64. The fourth-order valence-electron chi connectivity index (χ4n) is 3.08. The van der Waals surface area contributed by atoms with E-state index in [4.69, 9.17) is 5.73 Å². The van der Waals surface area contributed by atoms with E-state index in [1.807, 2.05) is 37.3 Å². The molecule has 0 radical (unpaired) electrons. The van der Waals surface area contributed by atoms with Crippen molar-refractivity contribution in [1.29, 1.82) is 0 Å². The summed E-state index contributed by atoms with van der Waals surface area (Å²) in [6.45, 7) is 11.7. The number of amides is 1. The summed E-state index contributed by atoms with van der Waals surface area (Å²) in [4.78, 5) is 12.1. The third kappa shape index (κ3) is 5.82. The largest absolute Gasteiger partial charge is 0.324 e. The van der Waals surface area contributed by atoms with E-state index in [1.54, 1.807) is 6.08 Å². The van der Waals surface area contributed by atoms with E-state index in [0.717, 1.165) is 5.56 Å². The van der Waals surface area contributed by atoms with Gasteiger partial charge < -0.3 is 11.1 Å². The number of carbonyl (C=O) groups is 1. The highest BCUT2D eigenvalue weighted by Crippen LogP contribution is 2.32. The highest BCUT2D eigenvalue weighted by molar-refractivity contribution is 5.95. The molecule has 1 aliphatic rings. The summed E-state index contributed by atoms with van der Waals surface area (Å²) in [7, 11) is 0. The number of nitrogens with two attached hydrogens (primary N) is 1. The van der Waals surface area contributed by atoms with Gasteiger partial charge >= 0.3 is 0 Å². The second-order valence-electron chi connectivity index (χ2n) is 6.03. The summed E-state index contributed by atoms with van der Waals surface area (Å²) < 4.78 is 0. The van der Waals surface area contributed by atoms with Gasteiger partial charge in [0.05, 0.1) is 0 Å². The first-order chi connectivity index (χ1) is 11.6. The Morgan fingerprint density at radius 3 is 2.33 bits per heavy atom. The van der Waals surface area contributed by atoms with Gasteiger partial charge in [-0.05, 0) is 49.5 Å². The van der Waals surface area contributed by atoms with Crippen molar-refractivity contribution in [2.75, 3.05) is 0 Å². The fraction of sp³-hybridized carbons (Fsp3) is 0.381. The molecule has 1 amide bonds. The van der Waals surface area contributed by atoms with Crippen molar-refractivity contribution in [3.05, 3.63) is 73.0 Å². The molecule has 1 aromatic carbocycles. The normalized spacial score (nSPS) is 16.1. The summed E-state index contributed by atoms with van der Waals surface area (Å²) in [6.07, 6.45) is 9.94. The summed E-state index contributed by atoms with van der Waals surface area (Å²) in [5.74, 6) is 0.434. The van der Waals surface area contributed by atoms with Gasteiger partial charge in [0.1, 0.15) is 0 Å². The van der Waals surface area contributed by atoms with Gasteiger partial charge in [-0.3, -0.25) is 4.79 Å². The monoisotopic (exact) mass is 326 g/mol. The molecule has 0 aliphatic heterocycles. The molecule has 3 nitrogen and oxygen atoms in total. The lowest BCUT2D eigenvalue weighted by Gasteiger charge is -2.27. The van der Waals surface area contributed by atoms with Crippen molar-refractivity contribution in [2.45, 2.75) is 45.1 Å². The minimum Gasteiger partial charge on any atom is -0.324 e. The molecule has 0 bridgehead atoms. The van der Waals surface area contributed by atoms with Gasteiger partial charge in [0, 0.05) is 17.3 Å². The first kappa shape index (κ1) is 19.9. The molecule has 3 N–H and O–H groups in total. The van der Waals surface area contributed by atoms with E-state index in [1.165, 1.54) is 32.1 Å². The van der Waals surface area contributed by atoms with Crippen LogP contribution < -0.4 is 11.1 Å². The van der Waals surface area contributed by atoms with E-state index in [2.05, 4.69) is 25.1 Å². The molecule has 0 spiro atoms. The molecular formula is C21H30N2O. The maximum atomic E-state index is 12.1. The van der Waals surface area contributed by atoms with E-state index < -0.39 is 0 Å². The molecule has 1 aliphatic carbocycles. The zero-order valence-corrected chi connectivity index (χ0v) is 14.8. The smallest absolute Gasteiger partial charge is 0.255 e. The Balaban J connectivity index is 0.00000139. The lowest BCUT2D eigenvalue weighted by atomic mass is 9.81. The van der Waals surface area contributed by atoms with Crippen LogP contribution in [-0.2, 0) is 0 Å². The molecule has 1 fully saturated rings. The zero-order chi connectivity index (χ0) is 17.9. The molecule has 1 saturated carbocycles. The van der Waals surface area contributed by atoms with E-state index in [0.29, 0.717) is 17.2 Å². The molecule has 1 aromatic rings. The topological polar surface area (TPSA) is 55.1 Å². The van der Waals surface area contributed by atoms with E-state index in [9.17, 15) is 4.79 Å². The van der Waals surface area contributed by atoms with Crippen LogP contribution in [0.15, 0.2) is 61.9 Å². The highest BCUT2D eigenvalue weighted by atomic mass is 16.1. The number of carbonyl (C=O) groups excluding carboxylic acids is 1. The van der Waals surface area contributed by atoms with Gasteiger partial charge in [0.15, 0.2) is 0 Å². The number of allylic oxidation sites excluding steroid dienone is 2. The van der Waals surface area contributed by atoms with E-state index in [-0.39, 0.29) is 11.9 Å². The van der Waals surface area contributed by atoms with Crippen LogP contribution in [0.5, 0.6) is 0 Å². The summed E-state index contributed by atoms with van der Waals surface area (Å²) in [6, 6.07) is 7.72. The second kappa shape index (κ2) is 10.6. The number of hydrogen-bond acceptors (Lipinski definition) is 2. The van der Waals surface area contributed by atoms with Gasteiger partial charge in [-0.1, -0.05) is 44.1 Å². The van der Waals surface area contributed by atoms with Gasteiger partial charge in [-0.15, -0.1) is 13.2 Å². The molecule has 0 heterocycles. The minimum absolute atomic E-state index is 0.0791. The molecule has 1 unspecified atom stereocenters. The first-order valence-corrected chi connectivity index (χ1v) is 8.60. The fourth-order valence-corrected chi connectivity index (χ4v) is 3.08. The molecule has 24 heavy (non-hydrogen) atoms. The second-order valence-corrected chi connectivity index (χ2v) is 6.03. The number of rotatable bonds is 5. The molecule has 2 rings (SSSR count). The lowest BCUT2D eigenvalue weighted by molar-refractivity contribution is 0.0967. The molecule has 1 atom stereocenters. The third-order valence-electron chi connectivity index (χ3n) is 4.36. The average molecular weight is 326 g/mol. The zero-order valence-electron chi connectivity index (χ0n) is 14.8. The van der Waals surface area contributed by atoms with Gasteiger partial charge in [-0.2, -0.15) is 0 Å².